The molecule has 1 heterocycles. The van der Waals surface area contributed by atoms with Crippen molar-refractivity contribution in [3.63, 3.8) is 0 Å². The van der Waals surface area contributed by atoms with Gasteiger partial charge in [-0.1, -0.05) is 11.6 Å². The minimum absolute atomic E-state index is 0.00730. The molecule has 0 fully saturated rings. The molecular weight excluding hydrogens is 282 g/mol. The summed E-state index contributed by atoms with van der Waals surface area (Å²) in [4.78, 5) is 11.5. The number of benzene rings is 1. The molecule has 0 saturated carbocycles. The van der Waals surface area contributed by atoms with Crippen LogP contribution in [0.25, 0.3) is 0 Å². The third kappa shape index (κ3) is 2.96. The van der Waals surface area contributed by atoms with Crippen LogP contribution in [-0.2, 0) is 0 Å². The molecule has 0 saturated heterocycles. The Labute approximate surface area is 112 Å². The fourth-order valence-electron chi connectivity index (χ4n) is 1.18. The zero-order valence-electron chi connectivity index (χ0n) is 9.12. The standard InChI is InChI=1S/C10H7Cl2FN4O/c1-18-10-16-8(12)15-9(17-10)14-5-2-3-7(13)6(11)4-5/h2-4H,1H3,(H,14,15,16,17). The Morgan fingerprint density at radius 2 is 2.00 bits per heavy atom. The molecule has 0 amide bonds. The summed E-state index contributed by atoms with van der Waals surface area (Å²) in [6.45, 7) is 0. The number of ether oxygens (including phenoxy) is 1. The van der Waals surface area contributed by atoms with E-state index in [2.05, 4.69) is 20.3 Å². The molecule has 1 N–H and O–H groups in total. The van der Waals surface area contributed by atoms with E-state index >= 15 is 0 Å². The maximum atomic E-state index is 13.0. The van der Waals surface area contributed by atoms with Crippen molar-refractivity contribution in [2.75, 3.05) is 12.4 Å². The van der Waals surface area contributed by atoms with Crippen LogP contribution in [0.3, 0.4) is 0 Å². The number of methoxy groups -OCH3 is 1. The maximum Gasteiger partial charge on any atom is 0.322 e. The number of rotatable bonds is 3. The van der Waals surface area contributed by atoms with Crippen LogP contribution >= 0.6 is 23.2 Å². The first kappa shape index (κ1) is 12.8. The first-order chi connectivity index (χ1) is 8.58. The third-order valence-electron chi connectivity index (χ3n) is 1.95. The van der Waals surface area contributed by atoms with Crippen LogP contribution in [0.2, 0.25) is 10.3 Å². The van der Waals surface area contributed by atoms with E-state index in [0.717, 1.165) is 0 Å². The molecule has 0 bridgehead atoms. The Balaban J connectivity index is 2.27. The second-order valence-electron chi connectivity index (χ2n) is 3.17. The molecule has 0 spiro atoms. The van der Waals surface area contributed by atoms with Crippen LogP contribution in [-0.4, -0.2) is 22.1 Å². The van der Waals surface area contributed by atoms with Gasteiger partial charge in [0.25, 0.3) is 0 Å². The second kappa shape index (κ2) is 5.32. The van der Waals surface area contributed by atoms with Crippen molar-refractivity contribution in [2.45, 2.75) is 0 Å². The minimum atomic E-state index is -0.506. The average molecular weight is 289 g/mol. The highest BCUT2D eigenvalue weighted by molar-refractivity contribution is 6.31. The van der Waals surface area contributed by atoms with Crippen LogP contribution < -0.4 is 10.1 Å². The van der Waals surface area contributed by atoms with Gasteiger partial charge in [0, 0.05) is 5.69 Å². The van der Waals surface area contributed by atoms with Gasteiger partial charge in [0.1, 0.15) is 5.82 Å². The number of halogens is 3. The first-order valence-electron chi connectivity index (χ1n) is 4.76. The molecule has 18 heavy (non-hydrogen) atoms. The van der Waals surface area contributed by atoms with Crippen LogP contribution in [0.5, 0.6) is 6.01 Å². The van der Waals surface area contributed by atoms with Gasteiger partial charge in [-0.3, -0.25) is 0 Å². The smallest absolute Gasteiger partial charge is 0.322 e. The molecule has 2 aromatic rings. The van der Waals surface area contributed by atoms with Crippen molar-refractivity contribution in [2.24, 2.45) is 0 Å². The topological polar surface area (TPSA) is 59.9 Å². The lowest BCUT2D eigenvalue weighted by Gasteiger charge is -2.06. The van der Waals surface area contributed by atoms with E-state index in [1.807, 2.05) is 0 Å². The minimum Gasteiger partial charge on any atom is -0.467 e. The average Bonchev–Trinajstić information content (AvgIpc) is 2.33. The summed E-state index contributed by atoms with van der Waals surface area (Å²) in [5.41, 5.74) is 0.519. The largest absolute Gasteiger partial charge is 0.467 e. The van der Waals surface area contributed by atoms with Gasteiger partial charge in [-0.05, 0) is 29.8 Å². The fraction of sp³-hybridized carbons (Fsp3) is 0.100. The Morgan fingerprint density at radius 3 is 2.67 bits per heavy atom. The highest BCUT2D eigenvalue weighted by atomic mass is 35.5. The number of hydrogen-bond acceptors (Lipinski definition) is 5. The maximum absolute atomic E-state index is 13.0. The summed E-state index contributed by atoms with van der Waals surface area (Å²) in [7, 11) is 1.41. The predicted molar refractivity (Wildman–Crippen MR) is 66.1 cm³/mol. The monoisotopic (exact) mass is 288 g/mol. The van der Waals surface area contributed by atoms with E-state index in [-0.39, 0.29) is 22.3 Å². The number of nitrogens with one attached hydrogen (secondary N) is 1. The lowest BCUT2D eigenvalue weighted by Crippen LogP contribution is -2.01. The Kier molecular flexibility index (Phi) is 3.78. The summed E-state index contributed by atoms with van der Waals surface area (Å²) >= 11 is 11.3. The lowest BCUT2D eigenvalue weighted by atomic mass is 10.3. The van der Waals surface area contributed by atoms with Gasteiger partial charge in [-0.2, -0.15) is 15.0 Å². The summed E-state index contributed by atoms with van der Waals surface area (Å²) in [6.07, 6.45) is 0. The van der Waals surface area contributed by atoms with Gasteiger partial charge < -0.3 is 10.1 Å². The van der Waals surface area contributed by atoms with Gasteiger partial charge in [0.05, 0.1) is 12.1 Å². The second-order valence-corrected chi connectivity index (χ2v) is 3.91. The summed E-state index contributed by atoms with van der Waals surface area (Å²) in [5.74, 6) is -0.331. The molecule has 94 valence electrons. The van der Waals surface area contributed by atoms with Crippen molar-refractivity contribution in [3.8, 4) is 6.01 Å². The van der Waals surface area contributed by atoms with Crippen LogP contribution in [0, 0.1) is 5.82 Å². The van der Waals surface area contributed by atoms with Gasteiger partial charge >= 0.3 is 6.01 Å². The van der Waals surface area contributed by atoms with Crippen LogP contribution in [0.4, 0.5) is 16.0 Å². The molecule has 8 heteroatoms. The molecular formula is C10H7Cl2FN4O. The van der Waals surface area contributed by atoms with Crippen molar-refractivity contribution in [1.29, 1.82) is 0 Å². The van der Waals surface area contributed by atoms with Crippen molar-refractivity contribution in [3.05, 3.63) is 34.3 Å². The lowest BCUT2D eigenvalue weighted by molar-refractivity contribution is 0.379. The predicted octanol–water partition coefficient (Wildman–Crippen LogP) is 3.07. The molecule has 1 aromatic heterocycles. The van der Waals surface area contributed by atoms with E-state index in [0.29, 0.717) is 5.69 Å². The molecule has 1 aromatic carbocycles. The number of nitrogens with zero attached hydrogens (tertiary/aromatic N) is 3. The van der Waals surface area contributed by atoms with Gasteiger partial charge in [0.2, 0.25) is 11.2 Å². The Bertz CT molecular complexity index is 582. The number of hydrogen-bond donors (Lipinski definition) is 1. The zero-order valence-corrected chi connectivity index (χ0v) is 10.6. The molecule has 0 aliphatic carbocycles. The molecule has 2 rings (SSSR count). The summed E-state index contributed by atoms with van der Waals surface area (Å²) in [5, 5.41) is 2.79. The zero-order chi connectivity index (χ0) is 13.1. The molecule has 0 unspecified atom stereocenters. The summed E-state index contributed by atoms with van der Waals surface area (Å²) < 4.78 is 17.8. The van der Waals surface area contributed by atoms with Gasteiger partial charge in [0.15, 0.2) is 0 Å². The fourth-order valence-corrected chi connectivity index (χ4v) is 1.51. The van der Waals surface area contributed by atoms with Crippen molar-refractivity contribution < 1.29 is 9.13 Å². The first-order valence-corrected chi connectivity index (χ1v) is 5.51. The third-order valence-corrected chi connectivity index (χ3v) is 2.40. The highest BCUT2D eigenvalue weighted by Gasteiger charge is 2.06. The van der Waals surface area contributed by atoms with Crippen molar-refractivity contribution in [1.82, 2.24) is 15.0 Å². The quantitative estimate of drug-likeness (QED) is 0.941. The van der Waals surface area contributed by atoms with Crippen LogP contribution in [0.1, 0.15) is 0 Å². The summed E-state index contributed by atoms with van der Waals surface area (Å²) in [6, 6.07) is 4.20. The van der Waals surface area contributed by atoms with E-state index in [9.17, 15) is 4.39 Å². The van der Waals surface area contributed by atoms with E-state index in [4.69, 9.17) is 27.9 Å². The van der Waals surface area contributed by atoms with Crippen LogP contribution in [0.15, 0.2) is 18.2 Å². The van der Waals surface area contributed by atoms with E-state index in [1.54, 1.807) is 0 Å². The van der Waals surface area contributed by atoms with Crippen molar-refractivity contribution >= 4 is 34.8 Å². The number of anilines is 2. The molecule has 0 atom stereocenters. The van der Waals surface area contributed by atoms with E-state index in [1.165, 1.54) is 25.3 Å². The number of aromatic nitrogens is 3. The van der Waals surface area contributed by atoms with E-state index < -0.39 is 5.82 Å². The Morgan fingerprint density at radius 1 is 1.22 bits per heavy atom. The molecule has 0 aliphatic heterocycles. The molecule has 0 radical (unpaired) electrons. The Hall–Kier alpha value is -1.66. The SMILES string of the molecule is COc1nc(Cl)nc(Nc2ccc(F)c(Cl)c2)n1. The van der Waals surface area contributed by atoms with Gasteiger partial charge in [-0.25, -0.2) is 4.39 Å². The molecule has 5 nitrogen and oxygen atoms in total. The normalized spacial score (nSPS) is 10.2. The molecule has 0 aliphatic rings. The van der Waals surface area contributed by atoms with Gasteiger partial charge in [-0.15, -0.1) is 0 Å². The highest BCUT2D eigenvalue weighted by Crippen LogP contribution is 2.22.